The Labute approximate surface area is 135 Å². The first-order valence-corrected chi connectivity index (χ1v) is 6.97. The fourth-order valence-corrected chi connectivity index (χ4v) is 2.30. The molecule has 0 aliphatic heterocycles. The third-order valence-electron chi connectivity index (χ3n) is 2.61. The van der Waals surface area contributed by atoms with Gasteiger partial charge in [-0.05, 0) is 24.3 Å². The summed E-state index contributed by atoms with van der Waals surface area (Å²) in [6.45, 7) is 0. The minimum Gasteiger partial charge on any atom is -0.493 e. The van der Waals surface area contributed by atoms with E-state index in [1.165, 1.54) is 19.2 Å². The van der Waals surface area contributed by atoms with Gasteiger partial charge in [-0.3, -0.25) is 0 Å². The number of benzene rings is 2. The monoisotopic (exact) mass is 365 g/mol. The van der Waals surface area contributed by atoms with Crippen LogP contribution in [-0.4, -0.2) is 13.1 Å². The Morgan fingerprint density at radius 3 is 2.71 bits per heavy atom. The van der Waals surface area contributed by atoms with Gasteiger partial charge in [0.15, 0.2) is 11.5 Å². The molecule has 0 unspecified atom stereocenters. The Morgan fingerprint density at radius 1 is 1.33 bits per heavy atom. The Bertz CT molecular complexity index is 740. The van der Waals surface area contributed by atoms with E-state index in [2.05, 4.69) is 15.9 Å². The van der Waals surface area contributed by atoms with Crippen molar-refractivity contribution in [1.82, 2.24) is 0 Å². The van der Waals surface area contributed by atoms with Crippen molar-refractivity contribution in [3.8, 4) is 17.6 Å². The number of carbonyl (C=O) groups excluding carboxylic acids is 1. The molecule has 21 heavy (non-hydrogen) atoms. The van der Waals surface area contributed by atoms with E-state index < -0.39 is 5.97 Å². The Hall–Kier alpha value is -2.03. The second-order valence-electron chi connectivity index (χ2n) is 4.00. The van der Waals surface area contributed by atoms with E-state index in [0.29, 0.717) is 11.1 Å². The zero-order valence-electron chi connectivity index (χ0n) is 10.9. The lowest BCUT2D eigenvalue weighted by molar-refractivity contribution is 0.0729. The molecule has 0 aliphatic rings. The van der Waals surface area contributed by atoms with Crippen molar-refractivity contribution in [2.24, 2.45) is 0 Å². The molecule has 0 amide bonds. The van der Waals surface area contributed by atoms with Crippen LogP contribution in [0.2, 0.25) is 5.02 Å². The molecule has 2 aromatic rings. The minimum atomic E-state index is -0.568. The van der Waals surface area contributed by atoms with E-state index in [9.17, 15) is 4.79 Å². The van der Waals surface area contributed by atoms with Crippen LogP contribution < -0.4 is 9.47 Å². The number of carbonyl (C=O) groups is 1. The number of ether oxygens (including phenoxy) is 2. The van der Waals surface area contributed by atoms with E-state index in [0.717, 1.165) is 4.47 Å². The van der Waals surface area contributed by atoms with Gasteiger partial charge in [-0.2, -0.15) is 5.26 Å². The van der Waals surface area contributed by atoms with Crippen LogP contribution in [0.3, 0.4) is 0 Å². The molecule has 0 saturated carbocycles. The summed E-state index contributed by atoms with van der Waals surface area (Å²) >= 11 is 9.32. The smallest absolute Gasteiger partial charge is 0.343 e. The first-order valence-electron chi connectivity index (χ1n) is 5.80. The molecule has 0 spiro atoms. The molecule has 0 aromatic heterocycles. The van der Waals surface area contributed by atoms with E-state index in [-0.39, 0.29) is 16.5 Å². The molecular weight excluding hydrogens is 358 g/mol. The zero-order chi connectivity index (χ0) is 15.4. The molecule has 2 rings (SSSR count). The summed E-state index contributed by atoms with van der Waals surface area (Å²) in [5.74, 6) is -0.258. The van der Waals surface area contributed by atoms with Crippen LogP contribution in [0.25, 0.3) is 0 Å². The molecule has 2 aromatic carbocycles. The van der Waals surface area contributed by atoms with E-state index >= 15 is 0 Å². The van der Waals surface area contributed by atoms with Gasteiger partial charge in [-0.1, -0.05) is 33.6 Å². The lowest BCUT2D eigenvalue weighted by Crippen LogP contribution is -2.09. The van der Waals surface area contributed by atoms with Crippen molar-refractivity contribution < 1.29 is 14.3 Å². The molecule has 0 radical (unpaired) electrons. The van der Waals surface area contributed by atoms with Gasteiger partial charge in [0.05, 0.1) is 29.3 Å². The average Bonchev–Trinajstić information content (AvgIpc) is 2.48. The number of hydrogen-bond donors (Lipinski definition) is 0. The summed E-state index contributed by atoms with van der Waals surface area (Å²) in [7, 11) is 1.41. The molecule has 4 nitrogen and oxygen atoms in total. The van der Waals surface area contributed by atoms with E-state index in [1.807, 2.05) is 6.07 Å². The number of halogens is 2. The highest BCUT2D eigenvalue weighted by atomic mass is 79.9. The second kappa shape index (κ2) is 6.61. The SMILES string of the molecule is COc1cc(C#N)cc(Cl)c1OC(=O)c1cccc(Br)c1. The molecular formula is C15H9BrClNO3. The van der Waals surface area contributed by atoms with Crippen LogP contribution in [-0.2, 0) is 0 Å². The number of hydrogen-bond acceptors (Lipinski definition) is 4. The predicted molar refractivity (Wildman–Crippen MR) is 81.8 cm³/mol. The topological polar surface area (TPSA) is 59.3 Å². The summed E-state index contributed by atoms with van der Waals surface area (Å²) in [6.07, 6.45) is 0. The van der Waals surface area contributed by atoms with Crippen LogP contribution in [0.5, 0.6) is 11.5 Å². The lowest BCUT2D eigenvalue weighted by atomic mass is 10.2. The number of rotatable bonds is 3. The molecule has 0 aliphatic carbocycles. The van der Waals surface area contributed by atoms with Gasteiger partial charge in [-0.15, -0.1) is 0 Å². The van der Waals surface area contributed by atoms with Gasteiger partial charge in [0.25, 0.3) is 0 Å². The summed E-state index contributed by atoms with van der Waals surface area (Å²) in [5, 5.41) is 9.02. The summed E-state index contributed by atoms with van der Waals surface area (Å²) in [5.41, 5.74) is 0.686. The van der Waals surface area contributed by atoms with Crippen molar-refractivity contribution in [2.45, 2.75) is 0 Å². The van der Waals surface area contributed by atoms with Gasteiger partial charge in [0.1, 0.15) is 0 Å². The van der Waals surface area contributed by atoms with Crippen molar-refractivity contribution >= 4 is 33.5 Å². The highest BCUT2D eigenvalue weighted by Crippen LogP contribution is 2.36. The van der Waals surface area contributed by atoms with E-state index in [4.69, 9.17) is 26.3 Å². The zero-order valence-corrected chi connectivity index (χ0v) is 13.2. The number of methoxy groups -OCH3 is 1. The Kier molecular flexibility index (Phi) is 4.84. The summed E-state index contributed by atoms with van der Waals surface area (Å²) in [4.78, 5) is 12.1. The standard InChI is InChI=1S/C15H9BrClNO3/c1-20-13-6-9(8-18)5-12(17)14(13)21-15(19)10-3-2-4-11(16)7-10/h2-7H,1H3. The first kappa shape index (κ1) is 15.4. The maximum Gasteiger partial charge on any atom is 0.343 e. The third-order valence-corrected chi connectivity index (χ3v) is 3.39. The van der Waals surface area contributed by atoms with Crippen LogP contribution in [0, 0.1) is 11.3 Å². The Morgan fingerprint density at radius 2 is 2.10 bits per heavy atom. The quantitative estimate of drug-likeness (QED) is 0.603. The number of nitriles is 1. The highest BCUT2D eigenvalue weighted by Gasteiger charge is 2.17. The second-order valence-corrected chi connectivity index (χ2v) is 5.32. The molecule has 106 valence electrons. The van der Waals surface area contributed by atoms with Gasteiger partial charge in [0, 0.05) is 10.5 Å². The lowest BCUT2D eigenvalue weighted by Gasteiger charge is -2.11. The maximum atomic E-state index is 12.1. The van der Waals surface area contributed by atoms with Gasteiger partial charge >= 0.3 is 5.97 Å². The fourth-order valence-electron chi connectivity index (χ4n) is 1.65. The van der Waals surface area contributed by atoms with Crippen LogP contribution in [0.1, 0.15) is 15.9 Å². The molecule has 0 fully saturated rings. The van der Waals surface area contributed by atoms with Crippen molar-refractivity contribution in [3.63, 3.8) is 0 Å². The van der Waals surface area contributed by atoms with Crippen molar-refractivity contribution in [2.75, 3.05) is 7.11 Å². The Balaban J connectivity index is 2.35. The molecule has 0 atom stereocenters. The van der Waals surface area contributed by atoms with Crippen LogP contribution in [0.15, 0.2) is 40.9 Å². The summed E-state index contributed by atoms with van der Waals surface area (Å²) < 4.78 is 11.1. The first-order chi connectivity index (χ1) is 10.0. The summed E-state index contributed by atoms with van der Waals surface area (Å²) in [6, 6.07) is 11.6. The third kappa shape index (κ3) is 3.54. The van der Waals surface area contributed by atoms with Crippen LogP contribution >= 0.6 is 27.5 Å². The molecule has 6 heteroatoms. The van der Waals surface area contributed by atoms with Crippen LogP contribution in [0.4, 0.5) is 0 Å². The molecule has 0 bridgehead atoms. The fraction of sp³-hybridized carbons (Fsp3) is 0.0667. The number of nitrogens with zero attached hydrogens (tertiary/aromatic N) is 1. The molecule has 0 N–H and O–H groups in total. The van der Waals surface area contributed by atoms with Crippen molar-refractivity contribution in [3.05, 3.63) is 57.0 Å². The average molecular weight is 367 g/mol. The maximum absolute atomic E-state index is 12.1. The molecule has 0 heterocycles. The molecule has 0 saturated heterocycles. The number of esters is 1. The normalized spacial score (nSPS) is 9.81. The van der Waals surface area contributed by atoms with Gasteiger partial charge < -0.3 is 9.47 Å². The van der Waals surface area contributed by atoms with Crippen molar-refractivity contribution in [1.29, 1.82) is 5.26 Å². The minimum absolute atomic E-state index is 0.0862. The largest absolute Gasteiger partial charge is 0.493 e. The highest BCUT2D eigenvalue weighted by molar-refractivity contribution is 9.10. The van der Waals surface area contributed by atoms with Gasteiger partial charge in [0.2, 0.25) is 0 Å². The van der Waals surface area contributed by atoms with E-state index in [1.54, 1.807) is 24.3 Å². The van der Waals surface area contributed by atoms with Gasteiger partial charge in [-0.25, -0.2) is 4.79 Å². The predicted octanol–water partition coefficient (Wildman–Crippen LogP) is 4.20.